The SMILES string of the molecule is CC(O)(CCCCCCO[Si](c1ccccc1)(c1ccccc1)C(C)(C)C)C(=O)O. The quantitative estimate of drug-likeness (QED) is 0.412. The number of rotatable bonds is 11. The zero-order valence-electron chi connectivity index (χ0n) is 18.7. The van der Waals surface area contributed by atoms with Crippen LogP contribution in [-0.2, 0) is 9.22 Å². The predicted octanol–water partition coefficient (Wildman–Crippen LogP) is 4.35. The fourth-order valence-corrected chi connectivity index (χ4v) is 8.62. The van der Waals surface area contributed by atoms with Crippen LogP contribution in [0.5, 0.6) is 0 Å². The van der Waals surface area contributed by atoms with Gasteiger partial charge in [-0.2, -0.15) is 0 Å². The predicted molar refractivity (Wildman–Crippen MR) is 125 cm³/mol. The van der Waals surface area contributed by atoms with Gasteiger partial charge in [0.1, 0.15) is 0 Å². The first kappa shape index (κ1) is 24.3. The Balaban J connectivity index is 2.08. The molecule has 2 rings (SSSR count). The van der Waals surface area contributed by atoms with Crippen LogP contribution in [0.2, 0.25) is 5.04 Å². The molecule has 0 saturated carbocycles. The van der Waals surface area contributed by atoms with Crippen LogP contribution in [-0.4, -0.2) is 36.7 Å². The highest BCUT2D eigenvalue weighted by Crippen LogP contribution is 2.36. The summed E-state index contributed by atoms with van der Waals surface area (Å²) >= 11 is 0. The van der Waals surface area contributed by atoms with Gasteiger partial charge >= 0.3 is 5.97 Å². The lowest BCUT2D eigenvalue weighted by Crippen LogP contribution is -2.66. The number of hydrogen-bond acceptors (Lipinski definition) is 3. The third kappa shape index (κ3) is 5.81. The lowest BCUT2D eigenvalue weighted by molar-refractivity contribution is -0.157. The number of carboxylic acid groups (broad SMARTS) is 1. The average Bonchev–Trinajstić information content (AvgIpc) is 2.70. The topological polar surface area (TPSA) is 66.8 Å². The van der Waals surface area contributed by atoms with E-state index in [1.807, 2.05) is 12.1 Å². The van der Waals surface area contributed by atoms with E-state index >= 15 is 0 Å². The van der Waals surface area contributed by atoms with Crippen molar-refractivity contribution in [1.29, 1.82) is 0 Å². The summed E-state index contributed by atoms with van der Waals surface area (Å²) in [4.78, 5) is 11.0. The molecule has 0 fully saturated rings. The highest BCUT2D eigenvalue weighted by molar-refractivity contribution is 6.99. The number of unbranched alkanes of at least 4 members (excludes halogenated alkanes) is 3. The molecule has 0 bridgehead atoms. The van der Waals surface area contributed by atoms with E-state index in [-0.39, 0.29) is 11.5 Å². The molecule has 4 nitrogen and oxygen atoms in total. The molecular formula is C25H36O4Si. The van der Waals surface area contributed by atoms with E-state index in [0.29, 0.717) is 13.0 Å². The maximum atomic E-state index is 11.0. The van der Waals surface area contributed by atoms with Gasteiger partial charge in [-0.1, -0.05) is 94.3 Å². The largest absolute Gasteiger partial charge is 0.479 e. The van der Waals surface area contributed by atoms with E-state index in [0.717, 1.165) is 19.3 Å². The van der Waals surface area contributed by atoms with Crippen LogP contribution in [0.25, 0.3) is 0 Å². The van der Waals surface area contributed by atoms with Crippen LogP contribution >= 0.6 is 0 Å². The van der Waals surface area contributed by atoms with E-state index < -0.39 is 19.9 Å². The number of hydrogen-bond donors (Lipinski definition) is 2. The van der Waals surface area contributed by atoms with Crippen molar-refractivity contribution >= 4 is 24.7 Å². The lowest BCUT2D eigenvalue weighted by atomic mass is 9.98. The van der Waals surface area contributed by atoms with Gasteiger partial charge in [-0.05, 0) is 41.6 Å². The maximum Gasteiger partial charge on any atom is 0.335 e. The van der Waals surface area contributed by atoms with Crippen molar-refractivity contribution in [3.63, 3.8) is 0 Å². The van der Waals surface area contributed by atoms with Crippen molar-refractivity contribution in [2.45, 2.75) is 70.4 Å². The molecule has 0 radical (unpaired) electrons. The van der Waals surface area contributed by atoms with Crippen LogP contribution in [0.1, 0.15) is 59.8 Å². The first-order chi connectivity index (χ1) is 14.1. The van der Waals surface area contributed by atoms with Gasteiger partial charge in [-0.3, -0.25) is 0 Å². The fourth-order valence-electron chi connectivity index (χ4n) is 4.02. The van der Waals surface area contributed by atoms with Gasteiger partial charge in [0.25, 0.3) is 8.32 Å². The van der Waals surface area contributed by atoms with Crippen molar-refractivity contribution in [2.24, 2.45) is 0 Å². The monoisotopic (exact) mass is 428 g/mol. The molecule has 1 atom stereocenters. The summed E-state index contributed by atoms with van der Waals surface area (Å²) in [6, 6.07) is 21.2. The molecule has 0 aliphatic rings. The standard InChI is InChI=1S/C25H36O4Si/c1-24(2,3)30(21-15-9-7-10-16-21,22-17-11-8-12-18-22)29-20-14-6-5-13-19-25(4,28)23(26)27/h7-12,15-18,28H,5-6,13-14,19-20H2,1-4H3,(H,26,27). The van der Waals surface area contributed by atoms with E-state index in [1.165, 1.54) is 17.3 Å². The van der Waals surface area contributed by atoms with Crippen molar-refractivity contribution in [2.75, 3.05) is 6.61 Å². The molecule has 0 heterocycles. The molecule has 2 aromatic rings. The summed E-state index contributed by atoms with van der Waals surface area (Å²) in [7, 11) is -2.48. The van der Waals surface area contributed by atoms with Gasteiger partial charge in [0.15, 0.2) is 5.60 Å². The van der Waals surface area contributed by atoms with Crippen molar-refractivity contribution in [1.82, 2.24) is 0 Å². The molecule has 2 N–H and O–H groups in total. The highest BCUT2D eigenvalue weighted by atomic mass is 28.4. The number of carboxylic acids is 1. The summed E-state index contributed by atoms with van der Waals surface area (Å²) in [6.07, 6.45) is 3.72. The smallest absolute Gasteiger partial charge is 0.335 e. The number of aliphatic hydroxyl groups is 1. The zero-order valence-corrected chi connectivity index (χ0v) is 19.7. The molecule has 0 aromatic heterocycles. The second kappa shape index (κ2) is 10.4. The van der Waals surface area contributed by atoms with Crippen LogP contribution in [0.15, 0.2) is 60.7 Å². The Morgan fingerprint density at radius 3 is 1.73 bits per heavy atom. The molecule has 2 aromatic carbocycles. The van der Waals surface area contributed by atoms with Gasteiger partial charge in [-0.15, -0.1) is 0 Å². The molecule has 1 unspecified atom stereocenters. The van der Waals surface area contributed by atoms with Crippen molar-refractivity contribution < 1.29 is 19.4 Å². The summed E-state index contributed by atoms with van der Waals surface area (Å²) in [5.74, 6) is -1.16. The van der Waals surface area contributed by atoms with Gasteiger partial charge < -0.3 is 14.6 Å². The van der Waals surface area contributed by atoms with Gasteiger partial charge in [-0.25, -0.2) is 4.79 Å². The van der Waals surface area contributed by atoms with E-state index in [4.69, 9.17) is 9.53 Å². The minimum Gasteiger partial charge on any atom is -0.479 e. The fraction of sp³-hybridized carbons (Fsp3) is 0.480. The van der Waals surface area contributed by atoms with Gasteiger partial charge in [0, 0.05) is 6.61 Å². The normalized spacial score (nSPS) is 14.3. The molecular weight excluding hydrogens is 392 g/mol. The highest BCUT2D eigenvalue weighted by Gasteiger charge is 2.49. The van der Waals surface area contributed by atoms with E-state index in [1.54, 1.807) is 0 Å². The van der Waals surface area contributed by atoms with E-state index in [2.05, 4.69) is 69.3 Å². The molecule has 5 heteroatoms. The van der Waals surface area contributed by atoms with E-state index in [9.17, 15) is 9.90 Å². The molecule has 164 valence electrons. The molecule has 0 amide bonds. The number of benzene rings is 2. The average molecular weight is 429 g/mol. The molecule has 0 aliphatic carbocycles. The first-order valence-electron chi connectivity index (χ1n) is 10.8. The molecule has 0 aliphatic heterocycles. The first-order valence-corrected chi connectivity index (χ1v) is 12.7. The molecule has 0 spiro atoms. The lowest BCUT2D eigenvalue weighted by Gasteiger charge is -2.43. The zero-order chi connectivity index (χ0) is 22.3. The number of aliphatic carboxylic acids is 1. The Morgan fingerprint density at radius 1 is 0.833 bits per heavy atom. The number of carbonyl (C=O) groups is 1. The van der Waals surface area contributed by atoms with Gasteiger partial charge in [0.05, 0.1) is 0 Å². The Kier molecular flexibility index (Phi) is 8.41. The third-order valence-electron chi connectivity index (χ3n) is 5.75. The minimum atomic E-state index is -2.48. The Labute approximate surface area is 182 Å². The minimum absolute atomic E-state index is 0.0318. The van der Waals surface area contributed by atoms with Crippen LogP contribution < -0.4 is 10.4 Å². The third-order valence-corrected chi connectivity index (χ3v) is 10.8. The van der Waals surface area contributed by atoms with Crippen LogP contribution in [0.3, 0.4) is 0 Å². The van der Waals surface area contributed by atoms with Crippen molar-refractivity contribution in [3.8, 4) is 0 Å². The molecule has 30 heavy (non-hydrogen) atoms. The maximum absolute atomic E-state index is 11.0. The van der Waals surface area contributed by atoms with Crippen LogP contribution in [0.4, 0.5) is 0 Å². The summed E-state index contributed by atoms with van der Waals surface area (Å²) in [5.41, 5.74) is -1.63. The Bertz CT molecular complexity index is 742. The summed E-state index contributed by atoms with van der Waals surface area (Å²) in [6.45, 7) is 8.84. The molecule has 0 saturated heterocycles. The second-order valence-corrected chi connectivity index (χ2v) is 13.6. The summed E-state index contributed by atoms with van der Waals surface area (Å²) in [5, 5.41) is 21.3. The van der Waals surface area contributed by atoms with Crippen molar-refractivity contribution in [3.05, 3.63) is 60.7 Å². The second-order valence-electron chi connectivity index (χ2n) is 9.25. The van der Waals surface area contributed by atoms with Gasteiger partial charge in [0.2, 0.25) is 0 Å². The Hall–Kier alpha value is -1.95. The summed E-state index contributed by atoms with van der Waals surface area (Å²) < 4.78 is 6.85. The van der Waals surface area contributed by atoms with Crippen LogP contribution in [0, 0.1) is 0 Å². The Morgan fingerprint density at radius 2 is 1.30 bits per heavy atom.